The molecule has 0 saturated carbocycles. The third kappa shape index (κ3) is 3.13. The van der Waals surface area contributed by atoms with Crippen molar-refractivity contribution in [1.29, 1.82) is 0 Å². The van der Waals surface area contributed by atoms with Gasteiger partial charge in [-0.05, 0) is 58.0 Å². The molecule has 0 aromatic heterocycles. The smallest absolute Gasteiger partial charge is 0.229 e. The van der Waals surface area contributed by atoms with Crippen molar-refractivity contribution in [3.8, 4) is 0 Å². The van der Waals surface area contributed by atoms with E-state index in [4.69, 9.17) is 0 Å². The van der Waals surface area contributed by atoms with Crippen molar-refractivity contribution in [2.45, 2.75) is 65.3 Å². The van der Waals surface area contributed by atoms with E-state index in [1.165, 1.54) is 12.8 Å². The average Bonchev–Trinajstić information content (AvgIpc) is 2.42. The lowest BCUT2D eigenvalue weighted by Gasteiger charge is -2.45. The van der Waals surface area contributed by atoms with Gasteiger partial charge < -0.3 is 10.2 Å². The van der Waals surface area contributed by atoms with Crippen LogP contribution in [0.5, 0.6) is 0 Å². The summed E-state index contributed by atoms with van der Waals surface area (Å²) in [7, 11) is 0. The van der Waals surface area contributed by atoms with Crippen molar-refractivity contribution in [1.82, 2.24) is 10.2 Å². The van der Waals surface area contributed by atoms with Crippen LogP contribution >= 0.6 is 0 Å². The maximum Gasteiger partial charge on any atom is 0.229 e. The van der Waals surface area contributed by atoms with Gasteiger partial charge in [0.1, 0.15) is 0 Å². The van der Waals surface area contributed by atoms with Gasteiger partial charge in [0.05, 0.1) is 5.41 Å². The highest BCUT2D eigenvalue weighted by atomic mass is 16.2. The quantitative estimate of drug-likeness (QED) is 0.852. The summed E-state index contributed by atoms with van der Waals surface area (Å²) in [5.74, 6) is 1.12. The Balaban J connectivity index is 2.13. The highest BCUT2D eigenvalue weighted by Gasteiger charge is 2.43. The molecule has 0 radical (unpaired) electrons. The Hall–Kier alpha value is -0.570. The highest BCUT2D eigenvalue weighted by molar-refractivity contribution is 5.83. The number of likely N-dealkylation sites (tertiary alicyclic amines) is 1. The number of amides is 1. The molecule has 0 aromatic rings. The van der Waals surface area contributed by atoms with Gasteiger partial charge in [-0.25, -0.2) is 0 Å². The van der Waals surface area contributed by atoms with E-state index in [0.29, 0.717) is 17.9 Å². The van der Waals surface area contributed by atoms with Gasteiger partial charge in [-0.1, -0.05) is 20.3 Å². The molecule has 2 rings (SSSR count). The number of hydrogen-bond donors (Lipinski definition) is 1. The summed E-state index contributed by atoms with van der Waals surface area (Å²) in [4.78, 5) is 15.3. The van der Waals surface area contributed by atoms with Crippen molar-refractivity contribution >= 4 is 5.91 Å². The molecule has 0 aliphatic carbocycles. The summed E-state index contributed by atoms with van der Waals surface area (Å²) in [6, 6.07) is 0.437. The molecule has 19 heavy (non-hydrogen) atoms. The van der Waals surface area contributed by atoms with Crippen LogP contribution in [0.4, 0.5) is 0 Å². The molecule has 3 heteroatoms. The number of carbonyl (C=O) groups is 1. The first-order valence-corrected chi connectivity index (χ1v) is 8.11. The van der Waals surface area contributed by atoms with E-state index in [1.54, 1.807) is 0 Å². The van der Waals surface area contributed by atoms with Crippen LogP contribution in [0.1, 0.15) is 59.3 Å². The largest absolute Gasteiger partial charge is 0.339 e. The van der Waals surface area contributed by atoms with E-state index in [9.17, 15) is 4.79 Å². The Bertz CT molecular complexity index is 304. The molecule has 0 aromatic carbocycles. The lowest BCUT2D eigenvalue weighted by molar-refractivity contribution is -0.149. The van der Waals surface area contributed by atoms with Gasteiger partial charge in [0.25, 0.3) is 0 Å². The first kappa shape index (κ1) is 14.8. The Morgan fingerprint density at radius 1 is 1.26 bits per heavy atom. The normalized spacial score (nSPS) is 31.2. The zero-order valence-corrected chi connectivity index (χ0v) is 12.9. The summed E-state index contributed by atoms with van der Waals surface area (Å²) in [6.45, 7) is 9.69. The SMILES string of the molecule is CCCC1(C(=O)N2CC(C)CCC2C)CCNCC1. The molecule has 2 aliphatic rings. The number of rotatable bonds is 3. The van der Waals surface area contributed by atoms with Crippen LogP contribution in [0, 0.1) is 11.3 Å². The second-order valence-corrected chi connectivity index (χ2v) is 6.77. The van der Waals surface area contributed by atoms with Crippen LogP contribution in [-0.2, 0) is 4.79 Å². The van der Waals surface area contributed by atoms with Crippen LogP contribution in [0.3, 0.4) is 0 Å². The zero-order valence-electron chi connectivity index (χ0n) is 12.9. The van der Waals surface area contributed by atoms with Crippen LogP contribution < -0.4 is 5.32 Å². The minimum Gasteiger partial charge on any atom is -0.339 e. The topological polar surface area (TPSA) is 32.3 Å². The van der Waals surface area contributed by atoms with E-state index < -0.39 is 0 Å². The maximum atomic E-state index is 13.1. The molecule has 2 fully saturated rings. The highest BCUT2D eigenvalue weighted by Crippen LogP contribution is 2.38. The minimum atomic E-state index is -0.0642. The van der Waals surface area contributed by atoms with Crippen molar-refractivity contribution < 1.29 is 4.79 Å². The molecule has 2 saturated heterocycles. The monoisotopic (exact) mass is 266 g/mol. The van der Waals surface area contributed by atoms with E-state index in [-0.39, 0.29) is 5.41 Å². The van der Waals surface area contributed by atoms with Gasteiger partial charge in [-0.3, -0.25) is 4.79 Å². The van der Waals surface area contributed by atoms with Crippen molar-refractivity contribution in [2.24, 2.45) is 11.3 Å². The second-order valence-electron chi connectivity index (χ2n) is 6.77. The molecule has 2 unspecified atom stereocenters. The Morgan fingerprint density at radius 3 is 2.58 bits per heavy atom. The number of nitrogens with one attached hydrogen (secondary N) is 1. The molecular formula is C16H30N2O. The lowest BCUT2D eigenvalue weighted by atomic mass is 9.73. The predicted molar refractivity (Wildman–Crippen MR) is 79.0 cm³/mol. The van der Waals surface area contributed by atoms with E-state index in [0.717, 1.165) is 45.3 Å². The molecule has 2 aliphatic heterocycles. The summed E-state index contributed by atoms with van der Waals surface area (Å²) in [5, 5.41) is 3.40. The van der Waals surface area contributed by atoms with Gasteiger partial charge in [0, 0.05) is 12.6 Å². The summed E-state index contributed by atoms with van der Waals surface area (Å²) >= 11 is 0. The number of nitrogens with zero attached hydrogens (tertiary/aromatic N) is 1. The van der Waals surface area contributed by atoms with Crippen molar-refractivity contribution in [2.75, 3.05) is 19.6 Å². The van der Waals surface area contributed by atoms with Gasteiger partial charge >= 0.3 is 0 Å². The summed E-state index contributed by atoms with van der Waals surface area (Å²) < 4.78 is 0. The molecule has 1 N–H and O–H groups in total. The number of carbonyl (C=O) groups excluding carboxylic acids is 1. The first-order chi connectivity index (χ1) is 9.09. The Morgan fingerprint density at radius 2 is 1.95 bits per heavy atom. The van der Waals surface area contributed by atoms with Crippen molar-refractivity contribution in [3.05, 3.63) is 0 Å². The van der Waals surface area contributed by atoms with Crippen LogP contribution in [0.2, 0.25) is 0 Å². The van der Waals surface area contributed by atoms with Crippen LogP contribution in [-0.4, -0.2) is 36.5 Å². The third-order valence-electron chi connectivity index (χ3n) is 5.12. The fourth-order valence-corrected chi connectivity index (χ4v) is 3.83. The maximum absolute atomic E-state index is 13.1. The molecule has 110 valence electrons. The third-order valence-corrected chi connectivity index (χ3v) is 5.12. The number of piperidine rings is 2. The fourth-order valence-electron chi connectivity index (χ4n) is 3.83. The molecule has 2 atom stereocenters. The molecule has 0 bridgehead atoms. The fraction of sp³-hybridized carbons (Fsp3) is 0.938. The predicted octanol–water partition coefficient (Wildman–Crippen LogP) is 2.80. The van der Waals surface area contributed by atoms with Gasteiger partial charge in [-0.15, -0.1) is 0 Å². The zero-order chi connectivity index (χ0) is 13.9. The van der Waals surface area contributed by atoms with Gasteiger partial charge in [0.2, 0.25) is 5.91 Å². The lowest BCUT2D eigenvalue weighted by Crippen LogP contribution is -2.54. The van der Waals surface area contributed by atoms with Gasteiger partial charge in [-0.2, -0.15) is 0 Å². The first-order valence-electron chi connectivity index (χ1n) is 8.11. The van der Waals surface area contributed by atoms with E-state index >= 15 is 0 Å². The van der Waals surface area contributed by atoms with Gasteiger partial charge in [0.15, 0.2) is 0 Å². The molecular weight excluding hydrogens is 236 g/mol. The molecule has 2 heterocycles. The Labute approximate surface area is 118 Å². The van der Waals surface area contributed by atoms with Crippen LogP contribution in [0.25, 0.3) is 0 Å². The van der Waals surface area contributed by atoms with E-state index in [2.05, 4.69) is 31.0 Å². The van der Waals surface area contributed by atoms with Crippen LogP contribution in [0.15, 0.2) is 0 Å². The second kappa shape index (κ2) is 6.25. The average molecular weight is 266 g/mol. The molecule has 1 amide bonds. The standard InChI is InChI=1S/C16H30N2O/c1-4-7-16(8-10-17-11-9-16)15(19)18-12-13(2)5-6-14(18)3/h13-14,17H,4-12H2,1-3H3. The minimum absolute atomic E-state index is 0.0642. The number of hydrogen-bond acceptors (Lipinski definition) is 2. The Kier molecular flexibility index (Phi) is 4.88. The summed E-state index contributed by atoms with van der Waals surface area (Å²) in [5.41, 5.74) is -0.0642. The summed E-state index contributed by atoms with van der Waals surface area (Å²) in [6.07, 6.45) is 6.67. The van der Waals surface area contributed by atoms with Crippen molar-refractivity contribution in [3.63, 3.8) is 0 Å². The van der Waals surface area contributed by atoms with E-state index in [1.807, 2.05) is 0 Å². The molecule has 3 nitrogen and oxygen atoms in total. The molecule has 0 spiro atoms.